The van der Waals surface area contributed by atoms with Gasteiger partial charge in [0.25, 0.3) is 0 Å². The monoisotopic (exact) mass is 341 g/mol. The Morgan fingerprint density at radius 2 is 2.00 bits per heavy atom. The maximum absolute atomic E-state index is 11.9. The van der Waals surface area contributed by atoms with Gasteiger partial charge < -0.3 is 4.90 Å². The van der Waals surface area contributed by atoms with E-state index in [0.717, 1.165) is 34.7 Å². The van der Waals surface area contributed by atoms with E-state index >= 15 is 0 Å². The largest absolute Gasteiger partial charge is 0.309 e. The Hall–Kier alpha value is -1.17. The lowest BCUT2D eigenvalue weighted by Crippen LogP contribution is -2.31. The Kier molecular flexibility index (Phi) is 7.26. The van der Waals surface area contributed by atoms with Crippen LogP contribution < -0.4 is 4.90 Å². The highest BCUT2D eigenvalue weighted by Crippen LogP contribution is 2.30. The van der Waals surface area contributed by atoms with Crippen molar-refractivity contribution in [1.82, 2.24) is 9.88 Å². The first kappa shape index (κ1) is 18.9. The smallest absolute Gasteiger partial charge is 0.225 e. The molecular weight excluding hydrogens is 318 g/mol. The summed E-state index contributed by atoms with van der Waals surface area (Å²) in [6.07, 6.45) is 1.96. The molecular formula is C16H24ClN3OS. The summed E-state index contributed by atoms with van der Waals surface area (Å²) < 4.78 is 1.16. The number of thiazole rings is 1. The molecule has 1 aromatic carbocycles. The summed E-state index contributed by atoms with van der Waals surface area (Å²) in [5.41, 5.74) is 2.28. The Morgan fingerprint density at radius 1 is 1.27 bits per heavy atom. The van der Waals surface area contributed by atoms with E-state index in [0.29, 0.717) is 6.54 Å². The molecule has 0 aliphatic carbocycles. The summed E-state index contributed by atoms with van der Waals surface area (Å²) in [6, 6.07) is 6.33. The van der Waals surface area contributed by atoms with Gasteiger partial charge in [-0.25, -0.2) is 4.98 Å². The number of carbonyl (C=O) groups is 1. The standard InChI is InChI=1S/C16H23N3OS.ClH/c1-5-13-7-8-14-15(11-13)21-16(17-14)19(12(2)20)10-6-9-18(3)4;/h7-8,11H,5-6,9-10H2,1-4H3;1H. The quantitative estimate of drug-likeness (QED) is 0.805. The molecule has 0 saturated heterocycles. The van der Waals surface area contributed by atoms with Crippen LogP contribution in [0.3, 0.4) is 0 Å². The number of aryl methyl sites for hydroxylation is 1. The molecule has 0 spiro atoms. The van der Waals surface area contributed by atoms with Crippen molar-refractivity contribution in [3.63, 3.8) is 0 Å². The number of nitrogens with zero attached hydrogens (tertiary/aromatic N) is 3. The van der Waals surface area contributed by atoms with E-state index < -0.39 is 0 Å². The van der Waals surface area contributed by atoms with Crippen LogP contribution in [0.5, 0.6) is 0 Å². The molecule has 0 atom stereocenters. The molecule has 0 bridgehead atoms. The number of carbonyl (C=O) groups excluding carboxylic acids is 1. The van der Waals surface area contributed by atoms with Crippen LogP contribution in [-0.2, 0) is 11.2 Å². The van der Waals surface area contributed by atoms with Crippen molar-refractivity contribution in [1.29, 1.82) is 0 Å². The molecule has 0 unspecified atom stereocenters. The van der Waals surface area contributed by atoms with Gasteiger partial charge in [-0.15, -0.1) is 12.4 Å². The number of rotatable bonds is 6. The number of benzene rings is 1. The zero-order valence-electron chi connectivity index (χ0n) is 13.6. The van der Waals surface area contributed by atoms with Gasteiger partial charge in [-0.2, -0.15) is 0 Å². The minimum Gasteiger partial charge on any atom is -0.309 e. The zero-order chi connectivity index (χ0) is 15.4. The van der Waals surface area contributed by atoms with Gasteiger partial charge in [-0.05, 0) is 51.2 Å². The topological polar surface area (TPSA) is 36.4 Å². The summed E-state index contributed by atoms with van der Waals surface area (Å²) in [7, 11) is 4.09. The van der Waals surface area contributed by atoms with Crippen LogP contribution >= 0.6 is 23.7 Å². The van der Waals surface area contributed by atoms with Crippen LogP contribution in [-0.4, -0.2) is 43.0 Å². The second kappa shape index (κ2) is 8.46. The van der Waals surface area contributed by atoms with E-state index in [2.05, 4.69) is 28.9 Å². The van der Waals surface area contributed by atoms with Gasteiger partial charge in [0.15, 0.2) is 5.13 Å². The Morgan fingerprint density at radius 3 is 2.59 bits per heavy atom. The van der Waals surface area contributed by atoms with Gasteiger partial charge in [0.2, 0.25) is 5.91 Å². The first-order chi connectivity index (χ1) is 10.0. The number of amides is 1. The van der Waals surface area contributed by atoms with Crippen molar-refractivity contribution in [2.75, 3.05) is 32.1 Å². The minimum atomic E-state index is 0. The SMILES string of the molecule is CCc1ccc2nc(N(CCCN(C)C)C(C)=O)sc2c1.Cl. The third-order valence-corrected chi connectivity index (χ3v) is 4.49. The third-order valence-electron chi connectivity index (χ3n) is 3.45. The van der Waals surface area contributed by atoms with Crippen LogP contribution in [0.1, 0.15) is 25.8 Å². The Balaban J connectivity index is 0.00000242. The molecule has 22 heavy (non-hydrogen) atoms. The number of fused-ring (bicyclic) bond motifs is 1. The molecule has 0 saturated carbocycles. The van der Waals surface area contributed by atoms with Gasteiger partial charge in [-0.3, -0.25) is 9.69 Å². The molecule has 1 heterocycles. The van der Waals surface area contributed by atoms with Crippen molar-refractivity contribution in [3.8, 4) is 0 Å². The first-order valence-electron chi connectivity index (χ1n) is 7.33. The van der Waals surface area contributed by atoms with Crippen molar-refractivity contribution in [2.45, 2.75) is 26.7 Å². The lowest BCUT2D eigenvalue weighted by atomic mass is 10.2. The maximum atomic E-state index is 11.9. The number of anilines is 1. The van der Waals surface area contributed by atoms with Gasteiger partial charge in [0, 0.05) is 13.5 Å². The van der Waals surface area contributed by atoms with E-state index in [9.17, 15) is 4.79 Å². The Labute approximate surface area is 142 Å². The first-order valence-corrected chi connectivity index (χ1v) is 8.15. The van der Waals surface area contributed by atoms with E-state index in [-0.39, 0.29) is 18.3 Å². The number of aromatic nitrogens is 1. The highest BCUT2D eigenvalue weighted by molar-refractivity contribution is 7.22. The summed E-state index contributed by atoms with van der Waals surface area (Å²) in [4.78, 5) is 20.4. The van der Waals surface area contributed by atoms with Crippen molar-refractivity contribution in [3.05, 3.63) is 23.8 Å². The lowest BCUT2D eigenvalue weighted by molar-refractivity contribution is -0.116. The van der Waals surface area contributed by atoms with Crippen molar-refractivity contribution in [2.24, 2.45) is 0 Å². The van der Waals surface area contributed by atoms with E-state index in [1.807, 2.05) is 20.2 Å². The number of hydrogen-bond acceptors (Lipinski definition) is 4. The predicted octanol–water partition coefficient (Wildman–Crippen LogP) is 3.59. The van der Waals surface area contributed by atoms with Gasteiger partial charge >= 0.3 is 0 Å². The summed E-state index contributed by atoms with van der Waals surface area (Å²) in [5, 5.41) is 0.810. The number of hydrogen-bond donors (Lipinski definition) is 0. The molecule has 122 valence electrons. The van der Waals surface area contributed by atoms with E-state index in [4.69, 9.17) is 0 Å². The van der Waals surface area contributed by atoms with Gasteiger partial charge in [0.1, 0.15) is 0 Å². The van der Waals surface area contributed by atoms with E-state index in [1.54, 1.807) is 23.2 Å². The van der Waals surface area contributed by atoms with Crippen LogP contribution in [0.4, 0.5) is 5.13 Å². The highest BCUT2D eigenvalue weighted by Gasteiger charge is 2.16. The fourth-order valence-electron chi connectivity index (χ4n) is 2.23. The number of halogens is 1. The molecule has 0 fully saturated rings. The normalized spacial score (nSPS) is 10.8. The summed E-state index contributed by atoms with van der Waals surface area (Å²) in [6.45, 7) is 5.44. The molecule has 2 aromatic rings. The fourth-order valence-corrected chi connectivity index (χ4v) is 3.32. The van der Waals surface area contributed by atoms with Crippen molar-refractivity contribution >= 4 is 45.0 Å². The van der Waals surface area contributed by atoms with Gasteiger partial charge in [-0.1, -0.05) is 24.3 Å². The average molecular weight is 342 g/mol. The van der Waals surface area contributed by atoms with Crippen molar-refractivity contribution < 1.29 is 4.79 Å². The molecule has 1 amide bonds. The summed E-state index contributed by atoms with van der Waals surface area (Å²) in [5.74, 6) is 0.0588. The second-order valence-corrected chi connectivity index (χ2v) is 6.49. The summed E-state index contributed by atoms with van der Waals surface area (Å²) >= 11 is 1.60. The maximum Gasteiger partial charge on any atom is 0.225 e. The molecule has 0 N–H and O–H groups in total. The average Bonchev–Trinajstić information content (AvgIpc) is 2.84. The predicted molar refractivity (Wildman–Crippen MR) is 97.4 cm³/mol. The molecule has 0 aliphatic heterocycles. The molecule has 0 radical (unpaired) electrons. The molecule has 6 heteroatoms. The van der Waals surface area contributed by atoms with Crippen LogP contribution in [0, 0.1) is 0 Å². The Bertz CT molecular complexity index is 627. The minimum absolute atomic E-state index is 0. The molecule has 0 aliphatic rings. The fraction of sp³-hybridized carbons (Fsp3) is 0.500. The lowest BCUT2D eigenvalue weighted by Gasteiger charge is -2.19. The highest BCUT2D eigenvalue weighted by atomic mass is 35.5. The van der Waals surface area contributed by atoms with Crippen LogP contribution in [0.25, 0.3) is 10.2 Å². The zero-order valence-corrected chi connectivity index (χ0v) is 15.3. The molecule has 2 rings (SSSR count). The molecule has 1 aromatic heterocycles. The second-order valence-electron chi connectivity index (χ2n) is 5.48. The van der Waals surface area contributed by atoms with Crippen LogP contribution in [0.2, 0.25) is 0 Å². The van der Waals surface area contributed by atoms with E-state index in [1.165, 1.54) is 5.56 Å². The third kappa shape index (κ3) is 4.66. The van der Waals surface area contributed by atoms with Crippen LogP contribution in [0.15, 0.2) is 18.2 Å². The molecule has 4 nitrogen and oxygen atoms in total. The van der Waals surface area contributed by atoms with Gasteiger partial charge in [0.05, 0.1) is 10.2 Å².